The second kappa shape index (κ2) is 9.92. The molecule has 0 aliphatic rings. The Balaban J connectivity index is 2.01. The Morgan fingerprint density at radius 1 is 0.692 bits per heavy atom. The summed E-state index contributed by atoms with van der Waals surface area (Å²) in [5.41, 5.74) is 2.29. The Kier molecular flexibility index (Phi) is 7.60. The van der Waals surface area contributed by atoms with Gasteiger partial charge in [0.2, 0.25) is 0 Å². The molecular formula is C21H28O5. The van der Waals surface area contributed by atoms with Crippen LogP contribution < -0.4 is 18.9 Å². The summed E-state index contributed by atoms with van der Waals surface area (Å²) in [5, 5.41) is 0. The van der Waals surface area contributed by atoms with Crippen molar-refractivity contribution in [1.29, 1.82) is 0 Å². The molecule has 0 saturated heterocycles. The van der Waals surface area contributed by atoms with Gasteiger partial charge in [-0.15, -0.1) is 0 Å². The molecule has 1 atom stereocenters. The van der Waals surface area contributed by atoms with E-state index in [0.717, 1.165) is 42.1 Å². The highest BCUT2D eigenvalue weighted by atomic mass is 16.5. The number of hydrogen-bond donors (Lipinski definition) is 0. The summed E-state index contributed by atoms with van der Waals surface area (Å²) in [6.45, 7) is 0. The summed E-state index contributed by atoms with van der Waals surface area (Å²) < 4.78 is 27.0. The third kappa shape index (κ3) is 4.82. The summed E-state index contributed by atoms with van der Waals surface area (Å²) in [6.07, 6.45) is 2.84. The van der Waals surface area contributed by atoms with Gasteiger partial charge in [0, 0.05) is 7.11 Å². The van der Waals surface area contributed by atoms with Gasteiger partial charge in [-0.05, 0) is 54.7 Å². The number of rotatable bonds is 10. The van der Waals surface area contributed by atoms with E-state index in [4.69, 9.17) is 23.7 Å². The lowest BCUT2D eigenvalue weighted by molar-refractivity contribution is 0.0936. The summed E-state index contributed by atoms with van der Waals surface area (Å²) in [6, 6.07) is 11.9. The molecule has 0 saturated carbocycles. The molecule has 26 heavy (non-hydrogen) atoms. The highest BCUT2D eigenvalue weighted by Crippen LogP contribution is 2.33. The lowest BCUT2D eigenvalue weighted by atomic mass is 10.0. The zero-order chi connectivity index (χ0) is 18.9. The van der Waals surface area contributed by atoms with Gasteiger partial charge in [0.1, 0.15) is 0 Å². The second-order valence-corrected chi connectivity index (χ2v) is 5.92. The molecule has 5 heteroatoms. The minimum Gasteiger partial charge on any atom is -0.493 e. The first kappa shape index (κ1) is 19.9. The van der Waals surface area contributed by atoms with E-state index >= 15 is 0 Å². The van der Waals surface area contributed by atoms with Crippen LogP contribution in [0.5, 0.6) is 23.0 Å². The third-order valence-electron chi connectivity index (χ3n) is 4.44. The molecular weight excluding hydrogens is 332 g/mol. The van der Waals surface area contributed by atoms with Gasteiger partial charge in [-0.1, -0.05) is 12.1 Å². The van der Waals surface area contributed by atoms with E-state index in [1.807, 2.05) is 30.3 Å². The zero-order valence-corrected chi connectivity index (χ0v) is 16.2. The van der Waals surface area contributed by atoms with Gasteiger partial charge in [-0.3, -0.25) is 0 Å². The monoisotopic (exact) mass is 360 g/mol. The average Bonchev–Trinajstić information content (AvgIpc) is 2.70. The third-order valence-corrected chi connectivity index (χ3v) is 4.44. The molecule has 0 bridgehead atoms. The Labute approximate surface area is 155 Å². The lowest BCUT2D eigenvalue weighted by Crippen LogP contribution is -2.03. The van der Waals surface area contributed by atoms with Crippen LogP contribution in [0.25, 0.3) is 0 Å². The van der Waals surface area contributed by atoms with Crippen LogP contribution in [0.3, 0.4) is 0 Å². The number of aryl methyl sites for hydroxylation is 1. The molecule has 0 aliphatic heterocycles. The van der Waals surface area contributed by atoms with Crippen molar-refractivity contribution in [2.24, 2.45) is 0 Å². The van der Waals surface area contributed by atoms with Crippen LogP contribution in [-0.2, 0) is 11.2 Å². The van der Waals surface area contributed by atoms with Crippen LogP contribution in [0.1, 0.15) is 30.1 Å². The largest absolute Gasteiger partial charge is 0.493 e. The molecule has 2 aromatic carbocycles. The molecule has 0 aromatic heterocycles. The zero-order valence-electron chi connectivity index (χ0n) is 16.2. The SMILES string of the molecule is COc1ccc(CCCC(OC)c2ccc(OC)c(OC)c2)cc1OC. The molecule has 2 rings (SSSR count). The molecule has 0 spiro atoms. The minimum absolute atomic E-state index is 0.00921. The molecule has 0 radical (unpaired) electrons. The maximum Gasteiger partial charge on any atom is 0.161 e. The van der Waals surface area contributed by atoms with Crippen molar-refractivity contribution in [2.75, 3.05) is 35.5 Å². The van der Waals surface area contributed by atoms with Gasteiger partial charge in [0.15, 0.2) is 23.0 Å². The first-order valence-electron chi connectivity index (χ1n) is 8.62. The van der Waals surface area contributed by atoms with Crippen molar-refractivity contribution in [3.8, 4) is 23.0 Å². The predicted octanol–water partition coefficient (Wildman–Crippen LogP) is 4.43. The Morgan fingerprint density at radius 3 is 1.85 bits per heavy atom. The highest BCUT2D eigenvalue weighted by Gasteiger charge is 2.14. The van der Waals surface area contributed by atoms with Crippen LogP contribution >= 0.6 is 0 Å². The van der Waals surface area contributed by atoms with Gasteiger partial charge in [-0.2, -0.15) is 0 Å². The smallest absolute Gasteiger partial charge is 0.161 e. The maximum absolute atomic E-state index is 5.69. The van der Waals surface area contributed by atoms with Gasteiger partial charge in [0.25, 0.3) is 0 Å². The van der Waals surface area contributed by atoms with E-state index in [9.17, 15) is 0 Å². The lowest BCUT2D eigenvalue weighted by Gasteiger charge is -2.18. The summed E-state index contributed by atoms with van der Waals surface area (Å²) in [5.74, 6) is 2.94. The molecule has 1 unspecified atom stereocenters. The van der Waals surface area contributed by atoms with E-state index in [2.05, 4.69) is 6.07 Å². The standard InChI is InChI=1S/C21H28O5/c1-22-17(16-10-12-19(24-3)21(14-16)26-5)8-6-7-15-9-11-18(23-2)20(13-15)25-4/h9-14,17H,6-8H2,1-5H3. The van der Waals surface area contributed by atoms with Crippen molar-refractivity contribution < 1.29 is 23.7 Å². The highest BCUT2D eigenvalue weighted by molar-refractivity contribution is 5.44. The fraction of sp³-hybridized carbons (Fsp3) is 0.429. The summed E-state index contributed by atoms with van der Waals surface area (Å²) in [7, 11) is 8.30. The van der Waals surface area contributed by atoms with E-state index in [-0.39, 0.29) is 6.10 Å². The molecule has 0 aliphatic carbocycles. The number of ether oxygens (including phenoxy) is 5. The Hall–Kier alpha value is -2.40. The molecule has 0 amide bonds. The van der Waals surface area contributed by atoms with Crippen molar-refractivity contribution in [2.45, 2.75) is 25.4 Å². The number of hydrogen-bond acceptors (Lipinski definition) is 5. The summed E-state index contributed by atoms with van der Waals surface area (Å²) in [4.78, 5) is 0. The first-order valence-corrected chi connectivity index (χ1v) is 8.62. The van der Waals surface area contributed by atoms with Gasteiger partial charge in [-0.25, -0.2) is 0 Å². The van der Waals surface area contributed by atoms with E-state index in [1.54, 1.807) is 35.5 Å². The molecule has 2 aromatic rings. The Bertz CT molecular complexity index is 699. The van der Waals surface area contributed by atoms with Gasteiger partial charge >= 0.3 is 0 Å². The van der Waals surface area contributed by atoms with Gasteiger partial charge in [0.05, 0.1) is 34.5 Å². The molecule has 5 nitrogen and oxygen atoms in total. The maximum atomic E-state index is 5.69. The topological polar surface area (TPSA) is 46.2 Å². The van der Waals surface area contributed by atoms with Crippen LogP contribution in [0.15, 0.2) is 36.4 Å². The molecule has 142 valence electrons. The first-order chi connectivity index (χ1) is 12.7. The number of methoxy groups -OCH3 is 5. The minimum atomic E-state index is 0.00921. The van der Waals surface area contributed by atoms with Crippen molar-refractivity contribution >= 4 is 0 Å². The van der Waals surface area contributed by atoms with Crippen molar-refractivity contribution in [3.05, 3.63) is 47.5 Å². The average molecular weight is 360 g/mol. The normalized spacial score (nSPS) is 11.7. The van der Waals surface area contributed by atoms with Crippen LogP contribution in [0.4, 0.5) is 0 Å². The van der Waals surface area contributed by atoms with Crippen LogP contribution in [0.2, 0.25) is 0 Å². The molecule has 0 heterocycles. The quantitative estimate of drug-likeness (QED) is 0.627. The second-order valence-electron chi connectivity index (χ2n) is 5.92. The summed E-state index contributed by atoms with van der Waals surface area (Å²) >= 11 is 0. The van der Waals surface area contributed by atoms with Crippen molar-refractivity contribution in [1.82, 2.24) is 0 Å². The number of benzene rings is 2. The Morgan fingerprint density at radius 2 is 1.27 bits per heavy atom. The van der Waals surface area contributed by atoms with Crippen molar-refractivity contribution in [3.63, 3.8) is 0 Å². The van der Waals surface area contributed by atoms with E-state index in [1.165, 1.54) is 5.56 Å². The van der Waals surface area contributed by atoms with Crippen LogP contribution in [0, 0.1) is 0 Å². The van der Waals surface area contributed by atoms with Crippen LogP contribution in [-0.4, -0.2) is 35.5 Å². The van der Waals surface area contributed by atoms with Gasteiger partial charge < -0.3 is 23.7 Å². The fourth-order valence-corrected chi connectivity index (χ4v) is 3.00. The molecule has 0 fully saturated rings. The van der Waals surface area contributed by atoms with E-state index in [0.29, 0.717) is 5.75 Å². The van der Waals surface area contributed by atoms with E-state index < -0.39 is 0 Å². The predicted molar refractivity (Wildman–Crippen MR) is 102 cm³/mol. The molecule has 0 N–H and O–H groups in total. The fourth-order valence-electron chi connectivity index (χ4n) is 3.00.